The summed E-state index contributed by atoms with van der Waals surface area (Å²) in [6.07, 6.45) is -0.245. The number of carbonyl (C=O) groups is 1. The highest BCUT2D eigenvalue weighted by atomic mass is 32.2. The summed E-state index contributed by atoms with van der Waals surface area (Å²) >= 11 is 0. The Bertz CT molecular complexity index is 1300. The van der Waals surface area contributed by atoms with Gasteiger partial charge in [0.15, 0.2) is 6.10 Å². The van der Waals surface area contributed by atoms with E-state index in [1.54, 1.807) is 36.4 Å². The number of hydrogen-bond donors (Lipinski definition) is 1. The van der Waals surface area contributed by atoms with Crippen LogP contribution in [0.4, 0.5) is 11.4 Å². The summed E-state index contributed by atoms with van der Waals surface area (Å²) in [7, 11) is -3.92. The molecule has 1 atom stereocenters. The fraction of sp³-hybridized carbons (Fsp3) is 0.296. The maximum Gasteiger partial charge on any atom is 0.267 e. The molecule has 178 valence electrons. The van der Waals surface area contributed by atoms with Crippen LogP contribution in [-0.2, 0) is 26.7 Å². The van der Waals surface area contributed by atoms with Crippen LogP contribution in [0.3, 0.4) is 0 Å². The molecule has 0 saturated carbocycles. The Labute approximate surface area is 201 Å². The lowest BCUT2D eigenvalue weighted by atomic mass is 9.86. The molecule has 0 spiro atoms. The number of nitrogens with zero attached hydrogens (tertiary/aromatic N) is 1. The largest absolute Gasteiger partial charge is 0.476 e. The Hall–Kier alpha value is -3.32. The molecule has 6 nitrogen and oxygen atoms in total. The third-order valence-corrected chi connectivity index (χ3v) is 7.77. The van der Waals surface area contributed by atoms with Gasteiger partial charge < -0.3 is 10.1 Å². The first kappa shape index (κ1) is 23.8. The van der Waals surface area contributed by atoms with E-state index in [9.17, 15) is 13.2 Å². The lowest BCUT2D eigenvalue weighted by Gasteiger charge is -2.36. The van der Waals surface area contributed by atoms with Gasteiger partial charge in [-0.25, -0.2) is 8.42 Å². The van der Waals surface area contributed by atoms with Crippen molar-refractivity contribution in [1.82, 2.24) is 0 Å². The summed E-state index contributed by atoms with van der Waals surface area (Å²) in [5.74, 6) is -0.0256. The smallest absolute Gasteiger partial charge is 0.267 e. The van der Waals surface area contributed by atoms with Crippen molar-refractivity contribution < 1.29 is 17.9 Å². The summed E-state index contributed by atoms with van der Waals surface area (Å²) in [5.41, 5.74) is 2.92. The number of anilines is 2. The standard InChI is InChI=1S/C27H30N2O4S/c1-5-19-11-9-10-14-22(19)28-26(30)25-18-29(34(31,32)21-12-7-6-8-13-21)23-17-20(27(2,3)4)15-16-24(23)33-25/h6-17,25H,5,18H2,1-4H3,(H,28,30)/t25-/m0/s1. The zero-order chi connectivity index (χ0) is 24.5. The van der Waals surface area contributed by atoms with Crippen LogP contribution in [0.2, 0.25) is 0 Å². The molecule has 0 aromatic heterocycles. The summed E-state index contributed by atoms with van der Waals surface area (Å²) in [5, 5.41) is 2.92. The van der Waals surface area contributed by atoms with Gasteiger partial charge in [-0.05, 0) is 53.3 Å². The molecular formula is C27H30N2O4S. The molecule has 0 bridgehead atoms. The number of nitrogens with one attached hydrogen (secondary N) is 1. The normalized spacial score (nSPS) is 15.9. The molecule has 1 aliphatic heterocycles. The Morgan fingerprint density at radius 2 is 1.71 bits per heavy atom. The molecule has 1 aliphatic rings. The molecule has 0 aliphatic carbocycles. The van der Waals surface area contributed by atoms with Crippen LogP contribution in [0.25, 0.3) is 0 Å². The quantitative estimate of drug-likeness (QED) is 0.551. The number of fused-ring (bicyclic) bond motifs is 1. The predicted octanol–water partition coefficient (Wildman–Crippen LogP) is 5.14. The monoisotopic (exact) mass is 478 g/mol. The van der Waals surface area contributed by atoms with Crippen LogP contribution in [0.5, 0.6) is 5.75 Å². The molecular weight excluding hydrogens is 448 g/mol. The Kier molecular flexibility index (Phi) is 6.41. The first-order valence-corrected chi connectivity index (χ1v) is 12.8. The molecule has 0 unspecified atom stereocenters. The SMILES string of the molecule is CCc1ccccc1NC(=O)[C@@H]1CN(S(=O)(=O)c2ccccc2)c2cc(C(C)(C)C)ccc2O1. The van der Waals surface area contributed by atoms with Gasteiger partial charge in [-0.1, -0.05) is 70.2 Å². The molecule has 34 heavy (non-hydrogen) atoms. The predicted molar refractivity (Wildman–Crippen MR) is 135 cm³/mol. The van der Waals surface area contributed by atoms with E-state index < -0.39 is 16.1 Å². The molecule has 0 radical (unpaired) electrons. The second-order valence-corrected chi connectivity index (χ2v) is 11.3. The van der Waals surface area contributed by atoms with Crippen molar-refractivity contribution in [2.24, 2.45) is 0 Å². The fourth-order valence-corrected chi connectivity index (χ4v) is 5.45. The van der Waals surface area contributed by atoms with E-state index in [1.807, 2.05) is 43.3 Å². The number of aryl methyl sites for hydroxylation is 1. The zero-order valence-corrected chi connectivity index (χ0v) is 20.7. The first-order chi connectivity index (χ1) is 16.1. The minimum atomic E-state index is -3.92. The minimum absolute atomic E-state index is 0.127. The van der Waals surface area contributed by atoms with Crippen LogP contribution in [0.1, 0.15) is 38.8 Å². The van der Waals surface area contributed by atoms with Gasteiger partial charge >= 0.3 is 0 Å². The van der Waals surface area contributed by atoms with E-state index in [4.69, 9.17) is 4.74 Å². The maximum atomic E-state index is 13.7. The highest BCUT2D eigenvalue weighted by molar-refractivity contribution is 7.92. The van der Waals surface area contributed by atoms with Crippen molar-refractivity contribution in [1.29, 1.82) is 0 Å². The van der Waals surface area contributed by atoms with E-state index in [0.717, 1.165) is 17.5 Å². The van der Waals surface area contributed by atoms with Crippen molar-refractivity contribution >= 4 is 27.3 Å². The number of rotatable bonds is 5. The van der Waals surface area contributed by atoms with Gasteiger partial charge in [0.05, 0.1) is 17.1 Å². The number of sulfonamides is 1. The van der Waals surface area contributed by atoms with Gasteiger partial charge in [-0.15, -0.1) is 0 Å². The Balaban J connectivity index is 1.74. The number of carbonyl (C=O) groups excluding carboxylic acids is 1. The molecule has 1 heterocycles. The lowest BCUT2D eigenvalue weighted by molar-refractivity contribution is -0.122. The molecule has 1 amide bonds. The van der Waals surface area contributed by atoms with Gasteiger partial charge in [-0.2, -0.15) is 0 Å². The van der Waals surface area contributed by atoms with Gasteiger partial charge in [0.2, 0.25) is 0 Å². The number of ether oxygens (including phenoxy) is 1. The highest BCUT2D eigenvalue weighted by Crippen LogP contribution is 2.40. The van der Waals surface area contributed by atoms with Crippen molar-refractivity contribution in [3.8, 4) is 5.75 Å². The van der Waals surface area contributed by atoms with Gasteiger partial charge in [0.25, 0.3) is 15.9 Å². The molecule has 7 heteroatoms. The molecule has 4 rings (SSSR count). The van der Waals surface area contributed by atoms with Crippen molar-refractivity contribution in [2.45, 2.75) is 50.5 Å². The van der Waals surface area contributed by atoms with E-state index in [-0.39, 0.29) is 22.8 Å². The van der Waals surface area contributed by atoms with Crippen LogP contribution in [-0.4, -0.2) is 27.0 Å². The van der Waals surface area contributed by atoms with E-state index in [1.165, 1.54) is 4.31 Å². The molecule has 0 fully saturated rings. The van der Waals surface area contributed by atoms with Gasteiger partial charge in [0.1, 0.15) is 5.75 Å². The van der Waals surface area contributed by atoms with Crippen LogP contribution in [0.15, 0.2) is 77.7 Å². The van der Waals surface area contributed by atoms with Gasteiger partial charge in [0, 0.05) is 5.69 Å². The van der Waals surface area contributed by atoms with Crippen LogP contribution in [0, 0.1) is 0 Å². The Morgan fingerprint density at radius 3 is 2.38 bits per heavy atom. The second kappa shape index (κ2) is 9.14. The van der Waals surface area contributed by atoms with Gasteiger partial charge in [-0.3, -0.25) is 9.10 Å². The number of hydrogen-bond acceptors (Lipinski definition) is 4. The topological polar surface area (TPSA) is 75.7 Å². The lowest BCUT2D eigenvalue weighted by Crippen LogP contribution is -2.49. The average Bonchev–Trinajstić information content (AvgIpc) is 2.83. The summed E-state index contributed by atoms with van der Waals surface area (Å²) in [6.45, 7) is 8.08. The minimum Gasteiger partial charge on any atom is -0.476 e. The third-order valence-electron chi connectivity index (χ3n) is 5.97. The number of para-hydroxylation sites is 1. The second-order valence-electron chi connectivity index (χ2n) is 9.39. The molecule has 3 aromatic carbocycles. The summed E-state index contributed by atoms with van der Waals surface area (Å²) < 4.78 is 34.7. The number of amides is 1. The third kappa shape index (κ3) is 4.66. The van der Waals surface area contributed by atoms with E-state index >= 15 is 0 Å². The van der Waals surface area contributed by atoms with Crippen LogP contribution < -0.4 is 14.4 Å². The average molecular weight is 479 g/mol. The number of benzene rings is 3. The molecule has 1 N–H and O–H groups in total. The highest BCUT2D eigenvalue weighted by Gasteiger charge is 2.38. The molecule has 3 aromatic rings. The summed E-state index contributed by atoms with van der Waals surface area (Å²) in [6, 6.07) is 21.3. The fourth-order valence-electron chi connectivity index (χ4n) is 3.97. The first-order valence-electron chi connectivity index (χ1n) is 11.4. The maximum absolute atomic E-state index is 13.7. The van der Waals surface area contributed by atoms with Crippen molar-refractivity contribution in [3.05, 3.63) is 83.9 Å². The summed E-state index contributed by atoms with van der Waals surface area (Å²) in [4.78, 5) is 13.4. The van der Waals surface area contributed by atoms with E-state index in [2.05, 4.69) is 26.1 Å². The van der Waals surface area contributed by atoms with E-state index in [0.29, 0.717) is 17.1 Å². The zero-order valence-electron chi connectivity index (χ0n) is 19.9. The van der Waals surface area contributed by atoms with Crippen LogP contribution >= 0.6 is 0 Å². The van der Waals surface area contributed by atoms with Crippen molar-refractivity contribution in [2.75, 3.05) is 16.2 Å². The molecule has 0 saturated heterocycles. The Morgan fingerprint density at radius 1 is 1.03 bits per heavy atom. The van der Waals surface area contributed by atoms with Crippen molar-refractivity contribution in [3.63, 3.8) is 0 Å².